The maximum absolute atomic E-state index is 11.2. The van der Waals surface area contributed by atoms with Crippen LogP contribution < -0.4 is 5.32 Å². The van der Waals surface area contributed by atoms with Crippen LogP contribution in [0.3, 0.4) is 0 Å². The molecule has 1 aromatic rings. The summed E-state index contributed by atoms with van der Waals surface area (Å²) in [5.41, 5.74) is 0.512. The van der Waals surface area contributed by atoms with E-state index in [1.165, 1.54) is 19.1 Å². The minimum atomic E-state index is -1.11. The minimum Gasteiger partial charge on any atom is -0.351 e. The van der Waals surface area contributed by atoms with E-state index in [1.54, 1.807) is 12.1 Å². The number of hydrogen-bond acceptors (Lipinski definition) is 5. The molecular formula is C15H20N2O5. The second-order valence-electron chi connectivity index (χ2n) is 6.21. The Morgan fingerprint density at radius 1 is 1.27 bits per heavy atom. The summed E-state index contributed by atoms with van der Waals surface area (Å²) in [7, 11) is 0. The second-order valence-corrected chi connectivity index (χ2v) is 6.21. The van der Waals surface area contributed by atoms with Gasteiger partial charge in [0.1, 0.15) is 0 Å². The minimum absolute atomic E-state index is 0.00503. The molecule has 1 aliphatic rings. The number of carbonyl (C=O) groups excluding carboxylic acids is 1. The molecule has 0 aromatic heterocycles. The molecule has 1 heterocycles. The van der Waals surface area contributed by atoms with Gasteiger partial charge in [0.2, 0.25) is 11.7 Å². The number of rotatable bonds is 4. The number of hydrogen-bond donors (Lipinski definition) is 1. The lowest BCUT2D eigenvalue weighted by molar-refractivity contribution is -0.385. The van der Waals surface area contributed by atoms with E-state index in [0.717, 1.165) is 0 Å². The molecule has 0 saturated carbocycles. The van der Waals surface area contributed by atoms with Crippen LogP contribution in [0.25, 0.3) is 0 Å². The first-order chi connectivity index (χ1) is 10.2. The normalized spacial score (nSPS) is 19.4. The highest BCUT2D eigenvalue weighted by Crippen LogP contribution is 2.36. The second kappa shape index (κ2) is 6.02. The Kier molecular flexibility index (Phi) is 4.48. The summed E-state index contributed by atoms with van der Waals surface area (Å²) in [5, 5.41) is 13.5. The third-order valence-electron chi connectivity index (χ3n) is 3.48. The van der Waals surface area contributed by atoms with Gasteiger partial charge in [-0.15, -0.1) is 0 Å². The number of nitrogens with zero attached hydrogens (tertiary/aromatic N) is 1. The van der Waals surface area contributed by atoms with Crippen molar-refractivity contribution in [3.8, 4) is 0 Å². The van der Waals surface area contributed by atoms with E-state index < -0.39 is 10.7 Å². The van der Waals surface area contributed by atoms with Crippen molar-refractivity contribution < 1.29 is 19.2 Å². The van der Waals surface area contributed by atoms with E-state index in [-0.39, 0.29) is 23.6 Å². The summed E-state index contributed by atoms with van der Waals surface area (Å²) in [5.74, 6) is -1.31. The van der Waals surface area contributed by atoms with Gasteiger partial charge in [-0.1, -0.05) is 13.8 Å². The summed E-state index contributed by atoms with van der Waals surface area (Å²) in [6, 6.07) is 5.99. The lowest BCUT2D eigenvalue weighted by Crippen LogP contribution is -2.51. The zero-order chi connectivity index (χ0) is 16.4. The van der Waals surface area contributed by atoms with Crippen molar-refractivity contribution >= 4 is 11.6 Å². The summed E-state index contributed by atoms with van der Waals surface area (Å²) in [4.78, 5) is 21.5. The smallest absolute Gasteiger partial charge is 0.269 e. The number of benzene rings is 1. The third-order valence-corrected chi connectivity index (χ3v) is 3.48. The van der Waals surface area contributed by atoms with E-state index in [2.05, 4.69) is 5.32 Å². The Bertz CT molecular complexity index is 558. The van der Waals surface area contributed by atoms with Gasteiger partial charge in [-0.25, -0.2) is 0 Å². The van der Waals surface area contributed by atoms with Crippen LogP contribution in [0.4, 0.5) is 5.69 Å². The monoisotopic (exact) mass is 308 g/mol. The highest BCUT2D eigenvalue weighted by molar-refractivity contribution is 5.72. The Labute approximate surface area is 128 Å². The summed E-state index contributed by atoms with van der Waals surface area (Å²) >= 11 is 0. The summed E-state index contributed by atoms with van der Waals surface area (Å²) < 4.78 is 11.8. The molecule has 7 heteroatoms. The lowest BCUT2D eigenvalue weighted by Gasteiger charge is -2.43. The van der Waals surface area contributed by atoms with Crippen molar-refractivity contribution in [2.45, 2.75) is 26.6 Å². The first-order valence-corrected chi connectivity index (χ1v) is 7.01. The van der Waals surface area contributed by atoms with Gasteiger partial charge in [0.05, 0.1) is 24.7 Å². The number of ether oxygens (including phenoxy) is 2. The predicted molar refractivity (Wildman–Crippen MR) is 79.1 cm³/mol. The maximum Gasteiger partial charge on any atom is 0.269 e. The van der Waals surface area contributed by atoms with Crippen LogP contribution in [0, 0.1) is 15.5 Å². The van der Waals surface area contributed by atoms with Crippen molar-refractivity contribution in [3.05, 3.63) is 39.9 Å². The van der Waals surface area contributed by atoms with Gasteiger partial charge in [0, 0.05) is 30.0 Å². The molecule has 1 fully saturated rings. The van der Waals surface area contributed by atoms with Crippen LogP contribution >= 0.6 is 0 Å². The fourth-order valence-corrected chi connectivity index (χ4v) is 2.16. The molecule has 0 aliphatic carbocycles. The molecule has 0 spiro atoms. The highest BCUT2D eigenvalue weighted by atomic mass is 16.7. The third kappa shape index (κ3) is 3.61. The quantitative estimate of drug-likeness (QED) is 0.678. The van der Waals surface area contributed by atoms with Gasteiger partial charge in [-0.05, 0) is 12.1 Å². The van der Waals surface area contributed by atoms with Crippen LogP contribution in [-0.2, 0) is 20.1 Å². The molecule has 1 aliphatic heterocycles. The SMILES string of the molecule is CC(=O)NCC1(c2ccc([N+](=O)[O-])cc2)OCC(C)(C)CO1. The number of nitro benzene ring substituents is 1. The van der Waals surface area contributed by atoms with Crippen molar-refractivity contribution in [1.29, 1.82) is 0 Å². The van der Waals surface area contributed by atoms with Crippen LogP contribution in [0.1, 0.15) is 26.3 Å². The number of nitro groups is 1. The van der Waals surface area contributed by atoms with Crippen LogP contribution in [-0.4, -0.2) is 30.6 Å². The van der Waals surface area contributed by atoms with Crippen LogP contribution in [0.2, 0.25) is 0 Å². The summed E-state index contributed by atoms with van der Waals surface area (Å²) in [6.07, 6.45) is 0. The molecule has 22 heavy (non-hydrogen) atoms. The zero-order valence-corrected chi connectivity index (χ0v) is 12.9. The molecule has 0 atom stereocenters. The molecular weight excluding hydrogens is 288 g/mol. The van der Waals surface area contributed by atoms with Crippen molar-refractivity contribution in [1.82, 2.24) is 5.32 Å². The van der Waals surface area contributed by atoms with Crippen LogP contribution in [0.5, 0.6) is 0 Å². The van der Waals surface area contributed by atoms with E-state index in [9.17, 15) is 14.9 Å². The molecule has 0 radical (unpaired) electrons. The number of non-ortho nitro benzene ring substituents is 1. The van der Waals surface area contributed by atoms with Gasteiger partial charge in [-0.3, -0.25) is 14.9 Å². The Hall–Kier alpha value is -1.99. The molecule has 120 valence electrons. The Morgan fingerprint density at radius 2 is 1.82 bits per heavy atom. The van der Waals surface area contributed by atoms with Crippen molar-refractivity contribution in [2.75, 3.05) is 19.8 Å². The van der Waals surface area contributed by atoms with E-state index in [0.29, 0.717) is 18.8 Å². The van der Waals surface area contributed by atoms with Gasteiger partial charge in [0.25, 0.3) is 5.69 Å². The van der Waals surface area contributed by atoms with E-state index >= 15 is 0 Å². The Morgan fingerprint density at radius 3 is 2.27 bits per heavy atom. The van der Waals surface area contributed by atoms with Gasteiger partial charge in [-0.2, -0.15) is 0 Å². The van der Waals surface area contributed by atoms with Crippen LogP contribution in [0.15, 0.2) is 24.3 Å². The fraction of sp³-hybridized carbons (Fsp3) is 0.533. The molecule has 1 aromatic carbocycles. The molecule has 2 rings (SSSR count). The van der Waals surface area contributed by atoms with Gasteiger partial charge in [0.15, 0.2) is 0 Å². The van der Waals surface area contributed by atoms with Gasteiger partial charge >= 0.3 is 0 Å². The number of nitrogens with one attached hydrogen (secondary N) is 1. The lowest BCUT2D eigenvalue weighted by atomic mass is 9.93. The summed E-state index contributed by atoms with van der Waals surface area (Å²) in [6.45, 7) is 6.52. The fourth-order valence-electron chi connectivity index (χ4n) is 2.16. The number of amides is 1. The van der Waals surface area contributed by atoms with Crippen molar-refractivity contribution in [3.63, 3.8) is 0 Å². The Balaban J connectivity index is 2.27. The largest absolute Gasteiger partial charge is 0.351 e. The first-order valence-electron chi connectivity index (χ1n) is 7.01. The predicted octanol–water partition coefficient (Wildman–Crippen LogP) is 1.96. The first kappa shape index (κ1) is 16.4. The maximum atomic E-state index is 11.2. The standard InChI is InChI=1S/C15H20N2O5/c1-11(18)16-8-15(21-9-14(2,3)10-22-15)12-4-6-13(7-5-12)17(19)20/h4-7H,8-10H2,1-3H3,(H,16,18). The molecule has 0 bridgehead atoms. The molecule has 7 nitrogen and oxygen atoms in total. The molecule has 0 unspecified atom stereocenters. The average molecular weight is 308 g/mol. The van der Waals surface area contributed by atoms with Crippen molar-refractivity contribution in [2.24, 2.45) is 5.41 Å². The molecule has 1 saturated heterocycles. The van der Waals surface area contributed by atoms with E-state index in [4.69, 9.17) is 9.47 Å². The topological polar surface area (TPSA) is 90.7 Å². The number of carbonyl (C=O) groups is 1. The highest BCUT2D eigenvalue weighted by Gasteiger charge is 2.42. The zero-order valence-electron chi connectivity index (χ0n) is 12.9. The molecule has 1 N–H and O–H groups in total. The molecule has 1 amide bonds. The van der Waals surface area contributed by atoms with E-state index in [1.807, 2.05) is 13.8 Å². The average Bonchev–Trinajstić information content (AvgIpc) is 2.47. The van der Waals surface area contributed by atoms with Gasteiger partial charge < -0.3 is 14.8 Å².